The number of rotatable bonds is 8. The first-order valence-corrected chi connectivity index (χ1v) is 7.51. The Kier molecular flexibility index (Phi) is 7.33. The van der Waals surface area contributed by atoms with Crippen molar-refractivity contribution in [3.63, 3.8) is 0 Å². The molecule has 0 aromatic heterocycles. The first-order chi connectivity index (χ1) is 8.67. The van der Waals surface area contributed by atoms with Crippen molar-refractivity contribution in [1.82, 2.24) is 0 Å². The first-order valence-electron chi connectivity index (χ1n) is 7.51. The highest BCUT2D eigenvalue weighted by atomic mass is 16.5. The lowest BCUT2D eigenvalue weighted by atomic mass is 9.87. The second kappa shape index (κ2) is 8.52. The summed E-state index contributed by atoms with van der Waals surface area (Å²) in [5, 5.41) is 8.94. The van der Waals surface area contributed by atoms with Gasteiger partial charge in [-0.15, -0.1) is 0 Å². The Bertz CT molecular complexity index is 232. The van der Waals surface area contributed by atoms with E-state index in [0.29, 0.717) is 12.0 Å². The fourth-order valence-corrected chi connectivity index (χ4v) is 2.65. The van der Waals surface area contributed by atoms with Crippen molar-refractivity contribution in [2.45, 2.75) is 71.3 Å². The van der Waals surface area contributed by atoms with Crippen LogP contribution in [0.1, 0.15) is 65.2 Å². The van der Waals surface area contributed by atoms with Gasteiger partial charge < -0.3 is 9.84 Å². The molecule has 1 aliphatic rings. The molecular formula is C15H28O3. The molecule has 1 unspecified atom stereocenters. The summed E-state index contributed by atoms with van der Waals surface area (Å²) >= 11 is 0. The zero-order valence-corrected chi connectivity index (χ0v) is 11.9. The molecule has 0 radical (unpaired) electrons. The van der Waals surface area contributed by atoms with Crippen LogP contribution in [0, 0.1) is 11.8 Å². The van der Waals surface area contributed by atoms with Crippen LogP contribution < -0.4 is 0 Å². The van der Waals surface area contributed by atoms with E-state index in [1.165, 1.54) is 25.7 Å². The second-order valence-corrected chi connectivity index (χ2v) is 5.56. The Hall–Kier alpha value is -0.570. The Morgan fingerprint density at radius 3 is 2.44 bits per heavy atom. The average Bonchev–Trinajstić information content (AvgIpc) is 2.39. The molecule has 1 rings (SSSR count). The third-order valence-corrected chi connectivity index (χ3v) is 4.13. The van der Waals surface area contributed by atoms with E-state index in [1.54, 1.807) is 0 Å². The van der Waals surface area contributed by atoms with Gasteiger partial charge in [0.15, 0.2) is 0 Å². The van der Waals surface area contributed by atoms with E-state index in [1.807, 2.05) is 0 Å². The maximum absolute atomic E-state index is 10.9. The molecule has 1 saturated carbocycles. The normalized spacial score (nSPS) is 25.9. The van der Waals surface area contributed by atoms with Gasteiger partial charge in [0.1, 0.15) is 0 Å². The predicted octanol–water partition coefficient (Wildman–Crippen LogP) is 3.86. The zero-order chi connectivity index (χ0) is 13.4. The van der Waals surface area contributed by atoms with Crippen LogP contribution in [0.4, 0.5) is 0 Å². The van der Waals surface area contributed by atoms with E-state index in [-0.39, 0.29) is 5.92 Å². The first kappa shape index (κ1) is 15.5. The summed E-state index contributed by atoms with van der Waals surface area (Å²) in [4.78, 5) is 10.9. The summed E-state index contributed by atoms with van der Waals surface area (Å²) in [6.07, 6.45) is 8.69. The van der Waals surface area contributed by atoms with E-state index < -0.39 is 5.97 Å². The van der Waals surface area contributed by atoms with E-state index >= 15 is 0 Å². The standard InChI is InChI=1S/C15H28O3/c1-3-5-6-12(4-2)11-18-14-9-7-13(8-10-14)15(16)17/h12-14H,3-11H2,1-2H3,(H,16,17). The molecule has 18 heavy (non-hydrogen) atoms. The molecular weight excluding hydrogens is 228 g/mol. The molecule has 106 valence electrons. The number of carbonyl (C=O) groups is 1. The maximum atomic E-state index is 10.9. The van der Waals surface area contributed by atoms with Crippen molar-refractivity contribution in [1.29, 1.82) is 0 Å². The minimum absolute atomic E-state index is 0.132. The number of carboxylic acid groups (broad SMARTS) is 1. The Morgan fingerprint density at radius 1 is 1.28 bits per heavy atom. The molecule has 0 saturated heterocycles. The molecule has 1 atom stereocenters. The van der Waals surface area contributed by atoms with Gasteiger partial charge in [-0.3, -0.25) is 4.79 Å². The van der Waals surface area contributed by atoms with Crippen molar-refractivity contribution in [2.24, 2.45) is 11.8 Å². The summed E-state index contributed by atoms with van der Waals surface area (Å²) in [6, 6.07) is 0. The number of hydrogen-bond donors (Lipinski definition) is 1. The van der Waals surface area contributed by atoms with Crippen LogP contribution >= 0.6 is 0 Å². The van der Waals surface area contributed by atoms with Gasteiger partial charge in [-0.1, -0.05) is 33.1 Å². The molecule has 3 heteroatoms. The third-order valence-electron chi connectivity index (χ3n) is 4.13. The Labute approximate surface area is 111 Å². The highest BCUT2D eigenvalue weighted by Gasteiger charge is 2.26. The molecule has 1 fully saturated rings. The number of hydrogen-bond acceptors (Lipinski definition) is 2. The highest BCUT2D eigenvalue weighted by Crippen LogP contribution is 2.27. The van der Waals surface area contributed by atoms with E-state index in [0.717, 1.165) is 32.3 Å². The molecule has 0 aromatic rings. The molecule has 0 amide bonds. The zero-order valence-electron chi connectivity index (χ0n) is 11.9. The largest absolute Gasteiger partial charge is 0.481 e. The molecule has 0 bridgehead atoms. The average molecular weight is 256 g/mol. The summed E-state index contributed by atoms with van der Waals surface area (Å²) in [5.74, 6) is -0.0862. The van der Waals surface area contributed by atoms with Crippen molar-refractivity contribution >= 4 is 5.97 Å². The summed E-state index contributed by atoms with van der Waals surface area (Å²) in [7, 11) is 0. The lowest BCUT2D eigenvalue weighted by molar-refractivity contribution is -0.143. The molecule has 0 heterocycles. The minimum Gasteiger partial charge on any atom is -0.481 e. The molecule has 3 nitrogen and oxygen atoms in total. The quantitative estimate of drug-likeness (QED) is 0.717. The van der Waals surface area contributed by atoms with Gasteiger partial charge in [0.05, 0.1) is 12.0 Å². The van der Waals surface area contributed by atoms with Gasteiger partial charge in [0.2, 0.25) is 0 Å². The SMILES string of the molecule is CCCCC(CC)COC1CCC(C(=O)O)CC1. The van der Waals surface area contributed by atoms with E-state index in [4.69, 9.17) is 9.84 Å². The van der Waals surface area contributed by atoms with Crippen molar-refractivity contribution in [2.75, 3.05) is 6.61 Å². The van der Waals surface area contributed by atoms with Crippen LogP contribution in [-0.2, 0) is 9.53 Å². The molecule has 1 N–H and O–H groups in total. The summed E-state index contributed by atoms with van der Waals surface area (Å²) in [6.45, 7) is 5.31. The van der Waals surface area contributed by atoms with Crippen LogP contribution in [0.25, 0.3) is 0 Å². The van der Waals surface area contributed by atoms with Crippen LogP contribution in [0.3, 0.4) is 0 Å². The van der Waals surface area contributed by atoms with E-state index in [2.05, 4.69) is 13.8 Å². The van der Waals surface area contributed by atoms with Gasteiger partial charge in [-0.2, -0.15) is 0 Å². The van der Waals surface area contributed by atoms with Crippen LogP contribution in [0.15, 0.2) is 0 Å². The van der Waals surface area contributed by atoms with Gasteiger partial charge in [-0.05, 0) is 38.0 Å². The minimum atomic E-state index is -0.636. The van der Waals surface area contributed by atoms with Crippen molar-refractivity contribution in [3.8, 4) is 0 Å². The fraction of sp³-hybridized carbons (Fsp3) is 0.933. The third kappa shape index (κ3) is 5.38. The predicted molar refractivity (Wildman–Crippen MR) is 72.6 cm³/mol. The molecule has 0 spiro atoms. The topological polar surface area (TPSA) is 46.5 Å². The van der Waals surface area contributed by atoms with E-state index in [9.17, 15) is 4.79 Å². The number of carboxylic acids is 1. The number of unbranched alkanes of at least 4 members (excludes halogenated alkanes) is 1. The van der Waals surface area contributed by atoms with Crippen LogP contribution in [-0.4, -0.2) is 23.8 Å². The van der Waals surface area contributed by atoms with Crippen LogP contribution in [0.5, 0.6) is 0 Å². The van der Waals surface area contributed by atoms with Gasteiger partial charge in [0.25, 0.3) is 0 Å². The number of ether oxygens (including phenoxy) is 1. The Morgan fingerprint density at radius 2 is 1.94 bits per heavy atom. The summed E-state index contributed by atoms with van der Waals surface area (Å²) < 4.78 is 5.97. The summed E-state index contributed by atoms with van der Waals surface area (Å²) in [5.41, 5.74) is 0. The van der Waals surface area contributed by atoms with Crippen LogP contribution in [0.2, 0.25) is 0 Å². The van der Waals surface area contributed by atoms with Gasteiger partial charge in [-0.25, -0.2) is 0 Å². The molecule has 0 aliphatic heterocycles. The molecule has 1 aliphatic carbocycles. The second-order valence-electron chi connectivity index (χ2n) is 5.56. The molecule has 0 aromatic carbocycles. The van der Waals surface area contributed by atoms with Crippen molar-refractivity contribution in [3.05, 3.63) is 0 Å². The fourth-order valence-electron chi connectivity index (χ4n) is 2.65. The lowest BCUT2D eigenvalue weighted by Gasteiger charge is -2.27. The number of aliphatic carboxylic acids is 1. The monoisotopic (exact) mass is 256 g/mol. The lowest BCUT2D eigenvalue weighted by Crippen LogP contribution is -2.27. The smallest absolute Gasteiger partial charge is 0.306 e. The van der Waals surface area contributed by atoms with Gasteiger partial charge in [0, 0.05) is 6.61 Å². The maximum Gasteiger partial charge on any atom is 0.306 e. The Balaban J connectivity index is 2.18. The van der Waals surface area contributed by atoms with Gasteiger partial charge >= 0.3 is 5.97 Å². The van der Waals surface area contributed by atoms with Crippen molar-refractivity contribution < 1.29 is 14.6 Å². The highest BCUT2D eigenvalue weighted by molar-refractivity contribution is 5.70.